The summed E-state index contributed by atoms with van der Waals surface area (Å²) in [5.74, 6) is 1.29. The van der Waals surface area contributed by atoms with Crippen LogP contribution >= 0.6 is 0 Å². The lowest BCUT2D eigenvalue weighted by Crippen LogP contribution is -2.17. The van der Waals surface area contributed by atoms with E-state index in [1.165, 1.54) is 0 Å². The first-order valence-corrected chi connectivity index (χ1v) is 5.03. The Morgan fingerprint density at radius 1 is 1.38 bits per heavy atom. The van der Waals surface area contributed by atoms with E-state index in [9.17, 15) is 0 Å². The zero-order valence-electron chi connectivity index (χ0n) is 9.05. The summed E-state index contributed by atoms with van der Waals surface area (Å²) in [7, 11) is 1.61. The van der Waals surface area contributed by atoms with Gasteiger partial charge in [0.15, 0.2) is 5.82 Å². The second-order valence-corrected chi connectivity index (χ2v) is 3.47. The molecule has 0 bridgehead atoms. The largest absolute Gasteiger partial charge is 0.383 e. The molecule has 1 aromatic heterocycles. The van der Waals surface area contributed by atoms with Crippen molar-refractivity contribution in [2.24, 2.45) is 5.73 Å². The van der Waals surface area contributed by atoms with E-state index in [-0.39, 0.29) is 6.04 Å². The first-order valence-electron chi connectivity index (χ1n) is 5.03. The van der Waals surface area contributed by atoms with E-state index < -0.39 is 0 Å². The molecule has 0 fully saturated rings. The van der Waals surface area contributed by atoms with Crippen molar-refractivity contribution >= 4 is 0 Å². The smallest absolute Gasteiger partial charge is 0.181 e. The Hall–Kier alpha value is -1.72. The van der Waals surface area contributed by atoms with Gasteiger partial charge in [0.1, 0.15) is 5.82 Å². The lowest BCUT2D eigenvalue weighted by molar-refractivity contribution is 0.178. The van der Waals surface area contributed by atoms with Crippen LogP contribution in [0.25, 0.3) is 11.4 Å². The minimum atomic E-state index is -0.269. The van der Waals surface area contributed by atoms with E-state index in [0.29, 0.717) is 18.3 Å². The molecule has 0 radical (unpaired) electrons. The molecule has 0 saturated carbocycles. The average molecular weight is 218 g/mol. The molecule has 0 saturated heterocycles. The average Bonchev–Trinajstić information content (AvgIpc) is 2.80. The summed E-state index contributed by atoms with van der Waals surface area (Å²) >= 11 is 0. The third-order valence-electron chi connectivity index (χ3n) is 2.23. The van der Waals surface area contributed by atoms with Crippen LogP contribution < -0.4 is 5.73 Å². The van der Waals surface area contributed by atoms with Gasteiger partial charge in [0, 0.05) is 12.7 Å². The molecule has 16 heavy (non-hydrogen) atoms. The highest BCUT2D eigenvalue weighted by Crippen LogP contribution is 2.15. The van der Waals surface area contributed by atoms with Crippen molar-refractivity contribution < 1.29 is 4.74 Å². The van der Waals surface area contributed by atoms with Crippen molar-refractivity contribution in [1.29, 1.82) is 0 Å². The van der Waals surface area contributed by atoms with Gasteiger partial charge in [-0.3, -0.25) is 5.10 Å². The van der Waals surface area contributed by atoms with Crippen molar-refractivity contribution in [3.05, 3.63) is 36.2 Å². The summed E-state index contributed by atoms with van der Waals surface area (Å²) in [5.41, 5.74) is 6.81. The maximum atomic E-state index is 5.84. The van der Waals surface area contributed by atoms with Crippen molar-refractivity contribution in [3.63, 3.8) is 0 Å². The summed E-state index contributed by atoms with van der Waals surface area (Å²) in [6, 6.07) is 9.48. The molecule has 2 rings (SSSR count). The van der Waals surface area contributed by atoms with Crippen molar-refractivity contribution in [1.82, 2.24) is 15.2 Å². The summed E-state index contributed by atoms with van der Waals surface area (Å²) in [4.78, 5) is 4.33. The number of hydrogen-bond acceptors (Lipinski definition) is 4. The Kier molecular flexibility index (Phi) is 3.28. The van der Waals surface area contributed by atoms with Crippen molar-refractivity contribution in [3.8, 4) is 11.4 Å². The molecule has 0 spiro atoms. The fourth-order valence-corrected chi connectivity index (χ4v) is 1.41. The Balaban J connectivity index is 2.20. The van der Waals surface area contributed by atoms with Crippen LogP contribution in [0.5, 0.6) is 0 Å². The number of hydrogen-bond donors (Lipinski definition) is 2. The van der Waals surface area contributed by atoms with Gasteiger partial charge in [-0.05, 0) is 0 Å². The lowest BCUT2D eigenvalue weighted by atomic mass is 10.2. The molecule has 3 N–H and O–H groups in total. The topological polar surface area (TPSA) is 76.8 Å². The second-order valence-electron chi connectivity index (χ2n) is 3.47. The van der Waals surface area contributed by atoms with E-state index in [1.54, 1.807) is 7.11 Å². The van der Waals surface area contributed by atoms with E-state index >= 15 is 0 Å². The van der Waals surface area contributed by atoms with Gasteiger partial charge in [-0.2, -0.15) is 5.10 Å². The van der Waals surface area contributed by atoms with Crippen LogP contribution in [-0.4, -0.2) is 28.9 Å². The summed E-state index contributed by atoms with van der Waals surface area (Å²) in [6.07, 6.45) is 0. The molecule has 0 amide bonds. The number of benzene rings is 1. The van der Waals surface area contributed by atoms with Gasteiger partial charge in [-0.15, -0.1) is 0 Å². The number of methoxy groups -OCH3 is 1. The SMILES string of the molecule is COCC(N)c1nc(-c2ccccc2)n[nH]1. The maximum absolute atomic E-state index is 5.84. The van der Waals surface area contributed by atoms with Crippen LogP contribution in [0.15, 0.2) is 30.3 Å². The van der Waals surface area contributed by atoms with Crippen LogP contribution in [-0.2, 0) is 4.74 Å². The number of nitrogens with one attached hydrogen (secondary N) is 1. The highest BCUT2D eigenvalue weighted by molar-refractivity contribution is 5.53. The van der Waals surface area contributed by atoms with Gasteiger partial charge in [-0.25, -0.2) is 4.98 Å². The minimum absolute atomic E-state index is 0.269. The van der Waals surface area contributed by atoms with Gasteiger partial charge in [0.2, 0.25) is 0 Å². The first-order chi connectivity index (χ1) is 7.81. The molecule has 2 aromatic rings. The fraction of sp³-hybridized carbons (Fsp3) is 0.273. The zero-order valence-corrected chi connectivity index (χ0v) is 9.05. The molecule has 5 heteroatoms. The van der Waals surface area contributed by atoms with Crippen LogP contribution in [0.3, 0.4) is 0 Å². The van der Waals surface area contributed by atoms with Crippen molar-refractivity contribution in [2.45, 2.75) is 6.04 Å². The van der Waals surface area contributed by atoms with Crippen LogP contribution in [0.1, 0.15) is 11.9 Å². The quantitative estimate of drug-likeness (QED) is 0.806. The fourth-order valence-electron chi connectivity index (χ4n) is 1.41. The van der Waals surface area contributed by atoms with E-state index in [1.807, 2.05) is 30.3 Å². The molecule has 1 atom stereocenters. The van der Waals surface area contributed by atoms with Gasteiger partial charge in [-0.1, -0.05) is 30.3 Å². The van der Waals surface area contributed by atoms with Gasteiger partial charge >= 0.3 is 0 Å². The number of rotatable bonds is 4. The predicted molar refractivity (Wildman–Crippen MR) is 60.6 cm³/mol. The Bertz CT molecular complexity index is 440. The third kappa shape index (κ3) is 2.26. The Labute approximate surface area is 93.7 Å². The minimum Gasteiger partial charge on any atom is -0.383 e. The molecule has 1 heterocycles. The lowest BCUT2D eigenvalue weighted by Gasteiger charge is -2.04. The maximum Gasteiger partial charge on any atom is 0.181 e. The Morgan fingerprint density at radius 3 is 2.81 bits per heavy atom. The Morgan fingerprint density at radius 2 is 2.12 bits per heavy atom. The van der Waals surface area contributed by atoms with Crippen LogP contribution in [0.2, 0.25) is 0 Å². The highest BCUT2D eigenvalue weighted by Gasteiger charge is 2.11. The summed E-state index contributed by atoms with van der Waals surface area (Å²) < 4.78 is 4.96. The zero-order chi connectivity index (χ0) is 11.4. The summed E-state index contributed by atoms with van der Waals surface area (Å²) in [6.45, 7) is 0.420. The number of aromatic nitrogens is 3. The molecule has 0 aliphatic heterocycles. The highest BCUT2D eigenvalue weighted by atomic mass is 16.5. The standard InChI is InChI=1S/C11H14N4O/c1-16-7-9(12)11-13-10(14-15-11)8-5-3-2-4-6-8/h2-6,9H,7,12H2,1H3,(H,13,14,15). The molecule has 0 aliphatic rings. The number of nitrogens with zero attached hydrogens (tertiary/aromatic N) is 2. The molecule has 0 aliphatic carbocycles. The normalized spacial score (nSPS) is 12.6. The predicted octanol–water partition coefficient (Wildman–Crippen LogP) is 1.12. The molecular weight excluding hydrogens is 204 g/mol. The summed E-state index contributed by atoms with van der Waals surface area (Å²) in [5, 5.41) is 6.94. The molecular formula is C11H14N4O. The van der Waals surface area contributed by atoms with E-state index in [2.05, 4.69) is 15.2 Å². The number of nitrogens with two attached hydrogens (primary N) is 1. The molecule has 1 unspecified atom stereocenters. The van der Waals surface area contributed by atoms with Crippen LogP contribution in [0, 0.1) is 0 Å². The third-order valence-corrected chi connectivity index (χ3v) is 2.23. The molecule has 84 valence electrons. The van der Waals surface area contributed by atoms with Crippen molar-refractivity contribution in [2.75, 3.05) is 13.7 Å². The molecule has 1 aromatic carbocycles. The monoisotopic (exact) mass is 218 g/mol. The number of ether oxygens (including phenoxy) is 1. The van der Waals surface area contributed by atoms with Gasteiger partial charge in [0.25, 0.3) is 0 Å². The number of aromatic amines is 1. The van der Waals surface area contributed by atoms with Gasteiger partial charge < -0.3 is 10.5 Å². The van der Waals surface area contributed by atoms with Crippen LogP contribution in [0.4, 0.5) is 0 Å². The first kappa shape index (κ1) is 10.8. The number of H-pyrrole nitrogens is 1. The van der Waals surface area contributed by atoms with Gasteiger partial charge in [0.05, 0.1) is 12.6 Å². The second kappa shape index (κ2) is 4.87. The van der Waals surface area contributed by atoms with E-state index in [4.69, 9.17) is 10.5 Å². The van der Waals surface area contributed by atoms with E-state index in [0.717, 1.165) is 5.56 Å². The molecule has 5 nitrogen and oxygen atoms in total.